The van der Waals surface area contributed by atoms with E-state index in [0.717, 1.165) is 6.07 Å². The first-order valence-corrected chi connectivity index (χ1v) is 5.12. The van der Waals surface area contributed by atoms with Crippen LogP contribution in [0.25, 0.3) is 0 Å². The summed E-state index contributed by atoms with van der Waals surface area (Å²) in [5.74, 6) is -2.04. The first-order chi connectivity index (χ1) is 8.06. The van der Waals surface area contributed by atoms with E-state index in [1.807, 2.05) is 0 Å². The summed E-state index contributed by atoms with van der Waals surface area (Å²) in [6.45, 7) is 5.39. The van der Waals surface area contributed by atoms with Crippen molar-refractivity contribution in [2.24, 2.45) is 0 Å². The molecule has 0 spiro atoms. The van der Waals surface area contributed by atoms with Crippen LogP contribution in [0, 0.1) is 18.6 Å². The van der Waals surface area contributed by atoms with Gasteiger partial charge in [0.15, 0.2) is 5.82 Å². The van der Waals surface area contributed by atoms with Crippen molar-refractivity contribution in [3.8, 4) is 0 Å². The number of halogens is 2. The number of carbonyl (C=O) groups is 1. The molecule has 0 heterocycles. The number of nitrogens with one attached hydrogen (secondary N) is 2. The summed E-state index contributed by atoms with van der Waals surface area (Å²) in [6.07, 6.45) is 1.58. The van der Waals surface area contributed by atoms with Gasteiger partial charge in [0.1, 0.15) is 11.5 Å². The van der Waals surface area contributed by atoms with Gasteiger partial charge in [-0.1, -0.05) is 12.1 Å². The molecule has 1 aromatic rings. The second-order valence-corrected chi connectivity index (χ2v) is 3.52. The molecule has 0 unspecified atom stereocenters. The van der Waals surface area contributed by atoms with Gasteiger partial charge in [-0.25, -0.2) is 8.78 Å². The third-order valence-electron chi connectivity index (χ3n) is 2.12. The molecule has 0 aliphatic rings. The van der Waals surface area contributed by atoms with Crippen molar-refractivity contribution in [2.75, 3.05) is 18.4 Å². The fourth-order valence-corrected chi connectivity index (χ4v) is 1.24. The predicted molar refractivity (Wildman–Crippen MR) is 62.8 cm³/mol. The minimum atomic E-state index is -0.787. The van der Waals surface area contributed by atoms with E-state index in [4.69, 9.17) is 0 Å². The average Bonchev–Trinajstić information content (AvgIpc) is 2.30. The molecule has 0 atom stereocenters. The lowest BCUT2D eigenvalue weighted by molar-refractivity contribution is -0.115. The largest absolute Gasteiger partial charge is 0.320 e. The molecule has 2 N–H and O–H groups in total. The third-order valence-corrected chi connectivity index (χ3v) is 2.12. The number of carbonyl (C=O) groups excluding carboxylic acids is 1. The van der Waals surface area contributed by atoms with E-state index in [9.17, 15) is 13.6 Å². The Morgan fingerprint density at radius 3 is 2.82 bits per heavy atom. The van der Waals surface area contributed by atoms with Crippen LogP contribution in [0.4, 0.5) is 14.5 Å². The number of amides is 1. The summed E-state index contributed by atoms with van der Waals surface area (Å²) in [5, 5.41) is 4.93. The maximum Gasteiger partial charge on any atom is 0.238 e. The summed E-state index contributed by atoms with van der Waals surface area (Å²) < 4.78 is 26.8. The standard InChI is InChI=1S/C12H14F2N2O/c1-3-6-15-7-10(17)16-12-9(13)5-4-8(2)11(12)14/h3-5,15H,1,6-7H2,2H3,(H,16,17). The highest BCUT2D eigenvalue weighted by atomic mass is 19.1. The van der Waals surface area contributed by atoms with Crippen LogP contribution in [-0.4, -0.2) is 19.0 Å². The Kier molecular flexibility index (Phi) is 4.78. The first kappa shape index (κ1) is 13.3. The summed E-state index contributed by atoms with van der Waals surface area (Å²) in [4.78, 5) is 11.4. The Morgan fingerprint density at radius 1 is 1.47 bits per heavy atom. The van der Waals surface area contributed by atoms with Crippen LogP contribution in [0.3, 0.4) is 0 Å². The lowest BCUT2D eigenvalue weighted by atomic mass is 10.2. The van der Waals surface area contributed by atoms with Gasteiger partial charge in [-0.3, -0.25) is 4.79 Å². The first-order valence-electron chi connectivity index (χ1n) is 5.12. The molecule has 0 aromatic heterocycles. The zero-order valence-corrected chi connectivity index (χ0v) is 9.52. The maximum atomic E-state index is 13.5. The quantitative estimate of drug-likeness (QED) is 0.610. The molecule has 5 heteroatoms. The predicted octanol–water partition coefficient (Wildman–Crippen LogP) is 1.99. The molecule has 0 saturated heterocycles. The van der Waals surface area contributed by atoms with Crippen LogP contribution in [0.2, 0.25) is 0 Å². The van der Waals surface area contributed by atoms with Gasteiger partial charge in [0.25, 0.3) is 0 Å². The van der Waals surface area contributed by atoms with Gasteiger partial charge in [0, 0.05) is 6.54 Å². The molecule has 0 saturated carbocycles. The van der Waals surface area contributed by atoms with E-state index in [0.29, 0.717) is 6.54 Å². The Hall–Kier alpha value is -1.75. The highest BCUT2D eigenvalue weighted by molar-refractivity contribution is 5.92. The molecule has 1 rings (SSSR count). The summed E-state index contributed by atoms with van der Waals surface area (Å²) >= 11 is 0. The lowest BCUT2D eigenvalue weighted by Gasteiger charge is -2.09. The van der Waals surface area contributed by atoms with Crippen molar-refractivity contribution in [1.29, 1.82) is 0 Å². The van der Waals surface area contributed by atoms with Crippen LogP contribution in [0.1, 0.15) is 5.56 Å². The molecule has 17 heavy (non-hydrogen) atoms. The van der Waals surface area contributed by atoms with Gasteiger partial charge in [0.05, 0.1) is 6.54 Å². The van der Waals surface area contributed by atoms with Gasteiger partial charge in [0.2, 0.25) is 5.91 Å². The summed E-state index contributed by atoms with van der Waals surface area (Å²) in [7, 11) is 0. The van der Waals surface area contributed by atoms with E-state index < -0.39 is 23.2 Å². The van der Waals surface area contributed by atoms with E-state index in [2.05, 4.69) is 17.2 Å². The zero-order chi connectivity index (χ0) is 12.8. The van der Waals surface area contributed by atoms with Crippen molar-refractivity contribution >= 4 is 11.6 Å². The number of hydrogen-bond donors (Lipinski definition) is 2. The molecule has 0 radical (unpaired) electrons. The van der Waals surface area contributed by atoms with Crippen LogP contribution in [0.5, 0.6) is 0 Å². The molecular weight excluding hydrogens is 226 g/mol. The minimum absolute atomic E-state index is 0.0289. The van der Waals surface area contributed by atoms with Crippen LogP contribution in [-0.2, 0) is 4.79 Å². The Bertz CT molecular complexity index is 433. The average molecular weight is 240 g/mol. The second-order valence-electron chi connectivity index (χ2n) is 3.52. The third kappa shape index (κ3) is 3.64. The van der Waals surface area contributed by atoms with Crippen molar-refractivity contribution in [3.05, 3.63) is 42.0 Å². The van der Waals surface area contributed by atoms with Crippen molar-refractivity contribution in [2.45, 2.75) is 6.92 Å². The van der Waals surface area contributed by atoms with Gasteiger partial charge in [-0.05, 0) is 18.6 Å². The Morgan fingerprint density at radius 2 is 2.18 bits per heavy atom. The monoisotopic (exact) mass is 240 g/mol. The van der Waals surface area contributed by atoms with Crippen LogP contribution < -0.4 is 10.6 Å². The highest BCUT2D eigenvalue weighted by Gasteiger charge is 2.13. The Labute approximate surface area is 98.5 Å². The SMILES string of the molecule is C=CCNCC(=O)Nc1c(F)ccc(C)c1F. The molecule has 0 bridgehead atoms. The lowest BCUT2D eigenvalue weighted by Crippen LogP contribution is -2.28. The van der Waals surface area contributed by atoms with Gasteiger partial charge >= 0.3 is 0 Å². The number of anilines is 1. The summed E-state index contributed by atoms with van der Waals surface area (Å²) in [5.41, 5.74) is -0.129. The van der Waals surface area contributed by atoms with Crippen molar-refractivity contribution in [3.63, 3.8) is 0 Å². The molecule has 0 fully saturated rings. The van der Waals surface area contributed by atoms with Gasteiger partial charge < -0.3 is 10.6 Å². The van der Waals surface area contributed by atoms with Crippen LogP contribution >= 0.6 is 0 Å². The number of benzene rings is 1. The fraction of sp³-hybridized carbons (Fsp3) is 0.250. The Balaban J connectivity index is 2.71. The van der Waals surface area contributed by atoms with Crippen LogP contribution in [0.15, 0.2) is 24.8 Å². The molecule has 0 aliphatic heterocycles. The minimum Gasteiger partial charge on any atom is -0.320 e. The molecule has 0 aliphatic carbocycles. The smallest absolute Gasteiger partial charge is 0.238 e. The van der Waals surface area contributed by atoms with Gasteiger partial charge in [-0.2, -0.15) is 0 Å². The maximum absolute atomic E-state index is 13.5. The number of aryl methyl sites for hydroxylation is 1. The summed E-state index contributed by atoms with van der Waals surface area (Å²) in [6, 6.07) is 2.43. The highest BCUT2D eigenvalue weighted by Crippen LogP contribution is 2.21. The van der Waals surface area contributed by atoms with E-state index >= 15 is 0 Å². The van der Waals surface area contributed by atoms with E-state index in [1.54, 1.807) is 6.08 Å². The number of rotatable bonds is 5. The van der Waals surface area contributed by atoms with E-state index in [-0.39, 0.29) is 12.1 Å². The molecule has 3 nitrogen and oxygen atoms in total. The molecular formula is C12H14F2N2O. The van der Waals surface area contributed by atoms with Gasteiger partial charge in [-0.15, -0.1) is 6.58 Å². The zero-order valence-electron chi connectivity index (χ0n) is 9.52. The molecule has 92 valence electrons. The normalized spacial score (nSPS) is 10.1. The topological polar surface area (TPSA) is 41.1 Å². The van der Waals surface area contributed by atoms with Crippen molar-refractivity contribution < 1.29 is 13.6 Å². The fourth-order valence-electron chi connectivity index (χ4n) is 1.24. The second kappa shape index (κ2) is 6.10. The van der Waals surface area contributed by atoms with Crippen molar-refractivity contribution in [1.82, 2.24) is 5.32 Å². The molecule has 1 amide bonds. The molecule has 1 aromatic carbocycles. The van der Waals surface area contributed by atoms with E-state index in [1.165, 1.54) is 13.0 Å². The number of hydrogen-bond acceptors (Lipinski definition) is 2.